The number of rotatable bonds is 12. The van der Waals surface area contributed by atoms with Gasteiger partial charge in [-0.25, -0.2) is 23.0 Å². The maximum absolute atomic E-state index is 13.4. The molecule has 9 N–H and O–H groups in total. The highest BCUT2D eigenvalue weighted by molar-refractivity contribution is 7.91. The Hall–Kier alpha value is -5.67. The van der Waals surface area contributed by atoms with Crippen LogP contribution in [-0.4, -0.2) is 76.0 Å². The number of anilines is 2. The summed E-state index contributed by atoms with van der Waals surface area (Å²) in [6, 6.07) is 11.2. The number of aromatic nitrogens is 2. The van der Waals surface area contributed by atoms with Crippen LogP contribution >= 0.6 is 0 Å². The van der Waals surface area contributed by atoms with Gasteiger partial charge >= 0.3 is 24.3 Å². The highest BCUT2D eigenvalue weighted by Gasteiger charge is 2.39. The van der Waals surface area contributed by atoms with Crippen LogP contribution in [0.2, 0.25) is 0 Å². The van der Waals surface area contributed by atoms with Gasteiger partial charge < -0.3 is 32.3 Å². The van der Waals surface area contributed by atoms with E-state index in [2.05, 4.69) is 15.6 Å². The number of alkyl halides is 6. The fourth-order valence-electron chi connectivity index (χ4n) is 3.85. The van der Waals surface area contributed by atoms with Gasteiger partial charge in [0.25, 0.3) is 5.56 Å². The number of nitrogens with zero attached hydrogens (tertiary/aromatic N) is 2. The fraction of sp³-hybridized carbons (Fsp3) is 0.355. The number of carboxylic acids is 2. The van der Waals surface area contributed by atoms with E-state index < -0.39 is 45.6 Å². The minimum Gasteiger partial charge on any atom is -0.475 e. The number of nitrogens with two attached hydrogens (primary N) is 2. The zero-order valence-corrected chi connectivity index (χ0v) is 29.1. The second-order valence-corrected chi connectivity index (χ2v) is 13.2. The van der Waals surface area contributed by atoms with Crippen LogP contribution in [0.15, 0.2) is 58.4 Å². The Morgan fingerprint density at radius 1 is 0.981 bits per heavy atom. The predicted octanol–water partition coefficient (Wildman–Crippen LogP) is 3.75. The quantitative estimate of drug-likeness (QED) is 0.0600. The number of nitrogen functional groups attached to an aromatic ring is 2. The minimum absolute atomic E-state index is 0.0233. The Morgan fingerprint density at radius 2 is 1.51 bits per heavy atom. The molecule has 0 bridgehead atoms. The first-order valence-electron chi connectivity index (χ1n) is 15.1. The fourth-order valence-corrected chi connectivity index (χ4v) is 5.38. The molecule has 0 spiro atoms. The molecule has 0 saturated carbocycles. The van der Waals surface area contributed by atoms with Gasteiger partial charge in [0.1, 0.15) is 12.4 Å². The van der Waals surface area contributed by atoms with Crippen molar-refractivity contribution < 1.29 is 59.4 Å². The summed E-state index contributed by atoms with van der Waals surface area (Å²) in [4.78, 5) is 48.4. The Morgan fingerprint density at radius 3 is 1.96 bits per heavy atom. The third-order valence-electron chi connectivity index (χ3n) is 6.37. The molecule has 1 heterocycles. The van der Waals surface area contributed by atoms with Crippen molar-refractivity contribution in [2.45, 2.75) is 70.0 Å². The van der Waals surface area contributed by atoms with E-state index >= 15 is 0 Å². The third-order valence-corrected chi connectivity index (χ3v) is 8.15. The number of amidine groups is 1. The second-order valence-electron chi connectivity index (χ2n) is 11.1. The molecule has 15 nitrogen and oxygen atoms in total. The lowest BCUT2D eigenvalue weighted by molar-refractivity contribution is -0.193. The van der Waals surface area contributed by atoms with Crippen molar-refractivity contribution in [1.82, 2.24) is 14.9 Å². The highest BCUT2D eigenvalue weighted by atomic mass is 32.2. The number of hydrogen-bond donors (Lipinski definition) is 7. The summed E-state index contributed by atoms with van der Waals surface area (Å²) < 4.78 is 90.5. The minimum atomic E-state index is -5.08. The van der Waals surface area contributed by atoms with E-state index in [1.807, 2.05) is 20.8 Å². The Bertz CT molecular complexity index is 1910. The van der Waals surface area contributed by atoms with Crippen molar-refractivity contribution in [1.29, 1.82) is 5.41 Å². The van der Waals surface area contributed by atoms with Gasteiger partial charge in [0.05, 0.1) is 22.5 Å². The largest absolute Gasteiger partial charge is 0.490 e. The zero-order chi connectivity index (χ0) is 40.9. The lowest BCUT2D eigenvalue weighted by Crippen LogP contribution is -2.35. The van der Waals surface area contributed by atoms with E-state index in [1.165, 1.54) is 22.9 Å². The Balaban J connectivity index is 0.000000845. The van der Waals surface area contributed by atoms with Crippen LogP contribution in [0.1, 0.15) is 44.7 Å². The zero-order valence-electron chi connectivity index (χ0n) is 28.3. The molecule has 3 rings (SSSR count). The van der Waals surface area contributed by atoms with Crippen LogP contribution in [0, 0.1) is 5.41 Å². The van der Waals surface area contributed by atoms with Gasteiger partial charge in [-0.15, -0.1) is 0 Å². The summed E-state index contributed by atoms with van der Waals surface area (Å²) in [5.41, 5.74) is 13.2. The molecule has 0 aliphatic carbocycles. The first-order chi connectivity index (χ1) is 24.3. The lowest BCUT2D eigenvalue weighted by Gasteiger charge is -2.17. The average molecular weight is 782 g/mol. The number of amides is 1. The molecule has 0 saturated heterocycles. The van der Waals surface area contributed by atoms with Gasteiger partial charge in [-0.05, 0) is 44.0 Å². The van der Waals surface area contributed by atoms with Crippen LogP contribution in [0.25, 0.3) is 11.3 Å². The number of sulfone groups is 1. The van der Waals surface area contributed by atoms with E-state index in [0.29, 0.717) is 17.5 Å². The number of aliphatic carboxylic acids is 2. The Kier molecular flexibility index (Phi) is 16.5. The summed E-state index contributed by atoms with van der Waals surface area (Å²) in [6.45, 7) is 5.48. The van der Waals surface area contributed by atoms with Crippen LogP contribution in [0.5, 0.6) is 0 Å². The number of halogens is 6. The van der Waals surface area contributed by atoms with Crippen molar-refractivity contribution in [3.63, 3.8) is 0 Å². The molecule has 22 heteroatoms. The molecule has 53 heavy (non-hydrogen) atoms. The first-order valence-corrected chi connectivity index (χ1v) is 16.8. The third kappa shape index (κ3) is 15.2. The van der Waals surface area contributed by atoms with E-state index in [1.54, 1.807) is 30.3 Å². The molecule has 2 aromatic carbocycles. The maximum Gasteiger partial charge on any atom is 0.490 e. The molecule has 0 aliphatic heterocycles. The molecule has 0 aliphatic rings. The molecular formula is C31H37F6N7O8S. The van der Waals surface area contributed by atoms with Gasteiger partial charge in [-0.1, -0.05) is 37.6 Å². The number of hydrogen-bond acceptors (Lipinski definition) is 10. The normalized spacial score (nSPS) is 11.4. The standard InChI is InChI=1S/C27H35N7O4S.2C2HF3O2/c1-4-5-10-39(37,38)22-12-20(11-21(28)13-22)23-15-32-26(33-17(2)3)27(36)34(23)16-24(35)31-14-18-6-8-19(9-7-18)25(29)30;2*3-2(4,5)1(6)7/h6-9,11-13,15,17H,4-5,10,14,16,28H2,1-3H3,(H3,29,30)(H,31,35)(H,32,33);2*(H,6,7). The number of benzene rings is 2. The van der Waals surface area contributed by atoms with Crippen molar-refractivity contribution in [3.05, 3.63) is 70.1 Å². The summed E-state index contributed by atoms with van der Waals surface area (Å²) in [7, 11) is -3.59. The number of carboxylic acid groups (broad SMARTS) is 2. The molecule has 1 aromatic heterocycles. The highest BCUT2D eigenvalue weighted by Crippen LogP contribution is 2.27. The Labute approximate surface area is 298 Å². The first kappa shape index (κ1) is 45.4. The van der Waals surface area contributed by atoms with Crippen molar-refractivity contribution in [2.24, 2.45) is 5.73 Å². The number of nitrogens with one attached hydrogen (secondary N) is 3. The van der Waals surface area contributed by atoms with Crippen molar-refractivity contribution in [2.75, 3.05) is 16.8 Å². The van der Waals surface area contributed by atoms with Crippen LogP contribution in [-0.2, 0) is 37.3 Å². The van der Waals surface area contributed by atoms with Gasteiger partial charge in [0, 0.05) is 29.4 Å². The predicted molar refractivity (Wildman–Crippen MR) is 181 cm³/mol. The van der Waals surface area contributed by atoms with Gasteiger partial charge in [-0.3, -0.25) is 19.6 Å². The second kappa shape index (κ2) is 19.2. The maximum atomic E-state index is 13.4. The summed E-state index contributed by atoms with van der Waals surface area (Å²) in [5, 5.41) is 27.5. The molecule has 292 valence electrons. The number of unbranched alkanes of at least 4 members (excludes halogenated alkanes) is 1. The van der Waals surface area contributed by atoms with Crippen LogP contribution in [0.4, 0.5) is 37.8 Å². The molecule has 0 unspecified atom stereocenters. The molecular weight excluding hydrogens is 744 g/mol. The molecule has 0 atom stereocenters. The number of carbonyl (C=O) groups is 3. The van der Waals surface area contributed by atoms with E-state index in [4.69, 9.17) is 36.7 Å². The smallest absolute Gasteiger partial charge is 0.475 e. The molecule has 0 fully saturated rings. The average Bonchev–Trinajstić information content (AvgIpc) is 3.04. The van der Waals surface area contributed by atoms with Crippen molar-refractivity contribution >= 4 is 45.0 Å². The van der Waals surface area contributed by atoms with E-state index in [-0.39, 0.29) is 52.8 Å². The monoisotopic (exact) mass is 781 g/mol. The van der Waals surface area contributed by atoms with Gasteiger partial charge in [0.15, 0.2) is 15.7 Å². The molecule has 1 amide bonds. The SMILES string of the molecule is CCCCS(=O)(=O)c1cc(N)cc(-c2cnc(NC(C)C)c(=O)n2CC(=O)NCc2ccc(C(=N)N)cc2)c1.O=C(O)C(F)(F)F.O=C(O)C(F)(F)F. The van der Waals surface area contributed by atoms with Crippen LogP contribution < -0.4 is 27.7 Å². The molecule has 0 radical (unpaired) electrons. The van der Waals surface area contributed by atoms with Crippen molar-refractivity contribution in [3.8, 4) is 11.3 Å². The van der Waals surface area contributed by atoms with Gasteiger partial charge in [-0.2, -0.15) is 26.3 Å². The summed E-state index contributed by atoms with van der Waals surface area (Å²) in [5.74, 6) is -5.95. The van der Waals surface area contributed by atoms with E-state index in [0.717, 1.165) is 12.0 Å². The summed E-state index contributed by atoms with van der Waals surface area (Å²) >= 11 is 0. The van der Waals surface area contributed by atoms with Crippen LogP contribution in [0.3, 0.4) is 0 Å². The molecule has 3 aromatic rings. The topological polar surface area (TPSA) is 261 Å². The lowest BCUT2D eigenvalue weighted by atomic mass is 10.1. The summed E-state index contributed by atoms with van der Waals surface area (Å²) in [6.07, 6.45) is -7.51. The van der Waals surface area contributed by atoms with Gasteiger partial charge in [0.2, 0.25) is 5.91 Å². The van der Waals surface area contributed by atoms with E-state index in [9.17, 15) is 44.3 Å². The number of carbonyl (C=O) groups excluding carboxylic acids is 1.